The number of carbonyl (C=O) groups excluding carboxylic acids is 2. The Labute approximate surface area is 215 Å². The van der Waals surface area contributed by atoms with Gasteiger partial charge in [0.15, 0.2) is 0 Å². The quantitative estimate of drug-likeness (QED) is 0.257. The first-order valence-corrected chi connectivity index (χ1v) is 12.1. The summed E-state index contributed by atoms with van der Waals surface area (Å²) in [6.07, 6.45) is 3.93. The Morgan fingerprint density at radius 1 is 0.892 bits per heavy atom. The molecule has 2 amide bonds. The van der Waals surface area contributed by atoms with E-state index >= 15 is 0 Å². The Morgan fingerprint density at radius 3 is 2.27 bits per heavy atom. The molecule has 188 valence electrons. The molecule has 0 bridgehead atoms. The van der Waals surface area contributed by atoms with Gasteiger partial charge in [0.05, 0.1) is 6.42 Å². The lowest BCUT2D eigenvalue weighted by Gasteiger charge is -2.24. The van der Waals surface area contributed by atoms with Gasteiger partial charge < -0.3 is 20.3 Å². The number of aliphatic carboxylic acids is 1. The highest BCUT2D eigenvalue weighted by atomic mass is 16.4. The van der Waals surface area contributed by atoms with Crippen LogP contribution in [0.1, 0.15) is 32.7 Å². The number of nitrogens with one attached hydrogen (secondary N) is 2. The fraction of sp³-hybridized carbons (Fsp3) is 0.167. The van der Waals surface area contributed by atoms with Crippen molar-refractivity contribution in [1.82, 2.24) is 15.2 Å². The summed E-state index contributed by atoms with van der Waals surface area (Å²) in [5, 5.41) is 13.2. The van der Waals surface area contributed by atoms with Crippen molar-refractivity contribution in [3.63, 3.8) is 0 Å². The average molecular weight is 496 g/mol. The van der Waals surface area contributed by atoms with Crippen LogP contribution in [0.25, 0.3) is 22.0 Å². The second-order valence-electron chi connectivity index (χ2n) is 8.64. The first-order valence-electron chi connectivity index (χ1n) is 12.1. The van der Waals surface area contributed by atoms with E-state index < -0.39 is 5.97 Å². The van der Waals surface area contributed by atoms with Gasteiger partial charge in [0.1, 0.15) is 0 Å². The molecule has 0 fully saturated rings. The Kier molecular flexibility index (Phi) is 8.15. The molecule has 0 aliphatic heterocycles. The number of amides is 2. The Hall–Kier alpha value is -4.65. The number of fused-ring (bicyclic) bond motifs is 1. The van der Waals surface area contributed by atoms with Crippen LogP contribution in [0.15, 0.2) is 91.6 Å². The molecule has 0 aliphatic carbocycles. The molecule has 0 radical (unpaired) electrons. The highest BCUT2D eigenvalue weighted by molar-refractivity contribution is 6.06. The summed E-state index contributed by atoms with van der Waals surface area (Å²) in [6.45, 7) is 4.39. The minimum Gasteiger partial charge on any atom is -0.481 e. The molecule has 7 heteroatoms. The maximum Gasteiger partial charge on any atom is 0.305 e. The van der Waals surface area contributed by atoms with E-state index in [0.717, 1.165) is 16.5 Å². The summed E-state index contributed by atoms with van der Waals surface area (Å²) in [7, 11) is 0. The molecule has 37 heavy (non-hydrogen) atoms. The van der Waals surface area contributed by atoms with Gasteiger partial charge in [0, 0.05) is 47.9 Å². The van der Waals surface area contributed by atoms with Crippen LogP contribution in [0.5, 0.6) is 0 Å². The van der Waals surface area contributed by atoms with E-state index in [1.54, 1.807) is 35.2 Å². The van der Waals surface area contributed by atoms with Crippen LogP contribution >= 0.6 is 0 Å². The van der Waals surface area contributed by atoms with E-state index in [4.69, 9.17) is 0 Å². The van der Waals surface area contributed by atoms with Crippen LogP contribution in [-0.4, -0.2) is 52.4 Å². The predicted octanol–water partition coefficient (Wildman–Crippen LogP) is 4.91. The maximum absolute atomic E-state index is 13.8. The van der Waals surface area contributed by atoms with Crippen molar-refractivity contribution in [2.75, 3.05) is 19.6 Å². The lowest BCUT2D eigenvalue weighted by Crippen LogP contribution is -2.35. The number of H-pyrrole nitrogens is 1. The fourth-order valence-electron chi connectivity index (χ4n) is 4.39. The van der Waals surface area contributed by atoms with Gasteiger partial charge in [-0.25, -0.2) is 0 Å². The number of nitrogens with zero attached hydrogens (tertiary/aromatic N) is 1. The van der Waals surface area contributed by atoms with Crippen LogP contribution in [0.4, 0.5) is 0 Å². The average Bonchev–Trinajstić information content (AvgIpc) is 3.34. The summed E-state index contributed by atoms with van der Waals surface area (Å²) in [5.74, 6) is -1.51. The third kappa shape index (κ3) is 5.95. The SMILES string of the molecule is C=CCNC(=O)c1ccccc1-c1ccccc1C(=O)N(CCC(=O)O)CCc1c[nH]c2ccccc12. The first kappa shape index (κ1) is 25.4. The molecular formula is C30H29N3O4. The Bertz CT molecular complexity index is 1440. The van der Waals surface area contributed by atoms with Gasteiger partial charge in [-0.2, -0.15) is 0 Å². The third-order valence-electron chi connectivity index (χ3n) is 6.24. The van der Waals surface area contributed by atoms with Crippen molar-refractivity contribution >= 4 is 28.7 Å². The molecule has 0 saturated carbocycles. The van der Waals surface area contributed by atoms with Crippen LogP contribution in [-0.2, 0) is 11.2 Å². The molecule has 0 aliphatic rings. The van der Waals surface area contributed by atoms with E-state index in [1.807, 2.05) is 54.7 Å². The minimum absolute atomic E-state index is 0.0757. The van der Waals surface area contributed by atoms with Gasteiger partial charge in [-0.15, -0.1) is 6.58 Å². The summed E-state index contributed by atoms with van der Waals surface area (Å²) < 4.78 is 0. The smallest absolute Gasteiger partial charge is 0.305 e. The number of benzene rings is 3. The normalized spacial score (nSPS) is 10.7. The van der Waals surface area contributed by atoms with Gasteiger partial charge in [0.25, 0.3) is 11.8 Å². The molecule has 0 unspecified atom stereocenters. The number of para-hydroxylation sites is 1. The van der Waals surface area contributed by atoms with Gasteiger partial charge in [-0.3, -0.25) is 14.4 Å². The number of aromatic amines is 1. The van der Waals surface area contributed by atoms with Crippen molar-refractivity contribution in [2.45, 2.75) is 12.8 Å². The van der Waals surface area contributed by atoms with Crippen molar-refractivity contribution < 1.29 is 19.5 Å². The first-order chi connectivity index (χ1) is 18.0. The molecule has 3 N–H and O–H groups in total. The molecule has 7 nitrogen and oxygen atoms in total. The topological polar surface area (TPSA) is 102 Å². The highest BCUT2D eigenvalue weighted by Crippen LogP contribution is 2.29. The van der Waals surface area contributed by atoms with Crippen molar-refractivity contribution in [3.8, 4) is 11.1 Å². The Balaban J connectivity index is 1.65. The summed E-state index contributed by atoms with van der Waals surface area (Å²) in [5.41, 5.74) is 4.17. The van der Waals surface area contributed by atoms with E-state index in [1.165, 1.54) is 0 Å². The number of rotatable bonds is 11. The van der Waals surface area contributed by atoms with Gasteiger partial charge >= 0.3 is 5.97 Å². The van der Waals surface area contributed by atoms with Crippen LogP contribution < -0.4 is 5.32 Å². The second-order valence-corrected chi connectivity index (χ2v) is 8.64. The van der Waals surface area contributed by atoms with E-state index in [2.05, 4.69) is 16.9 Å². The van der Waals surface area contributed by atoms with Crippen LogP contribution in [0, 0.1) is 0 Å². The molecular weight excluding hydrogens is 466 g/mol. The summed E-state index contributed by atoms with van der Waals surface area (Å²) >= 11 is 0. The van der Waals surface area contributed by atoms with E-state index in [0.29, 0.717) is 41.8 Å². The monoisotopic (exact) mass is 495 g/mol. The van der Waals surface area contributed by atoms with Crippen LogP contribution in [0.3, 0.4) is 0 Å². The van der Waals surface area contributed by atoms with Crippen LogP contribution in [0.2, 0.25) is 0 Å². The molecule has 4 rings (SSSR count). The van der Waals surface area contributed by atoms with Crippen molar-refractivity contribution in [2.24, 2.45) is 0 Å². The molecule has 0 saturated heterocycles. The molecule has 3 aromatic carbocycles. The largest absolute Gasteiger partial charge is 0.481 e. The summed E-state index contributed by atoms with van der Waals surface area (Å²) in [4.78, 5) is 42.8. The standard InChI is InChI=1S/C30H29N3O4/c1-2-17-31-29(36)25-12-5-3-10-23(25)24-11-4-6-13-26(24)30(37)33(19-16-28(34)35)18-15-21-20-32-27-14-8-7-9-22(21)27/h2-14,20,32H,1,15-19H2,(H,31,36)(H,34,35). The van der Waals surface area contributed by atoms with Crippen molar-refractivity contribution in [1.29, 1.82) is 0 Å². The minimum atomic E-state index is -0.970. The molecule has 4 aromatic rings. The zero-order valence-electron chi connectivity index (χ0n) is 20.4. The number of carbonyl (C=O) groups is 3. The van der Waals surface area contributed by atoms with Crippen molar-refractivity contribution in [3.05, 3.63) is 108 Å². The molecule has 1 aromatic heterocycles. The van der Waals surface area contributed by atoms with Gasteiger partial charge in [-0.1, -0.05) is 60.7 Å². The van der Waals surface area contributed by atoms with E-state index in [-0.39, 0.29) is 24.8 Å². The number of carboxylic acids is 1. The summed E-state index contributed by atoms with van der Waals surface area (Å²) in [6, 6.07) is 22.2. The van der Waals surface area contributed by atoms with E-state index in [9.17, 15) is 19.5 Å². The number of hydrogen-bond acceptors (Lipinski definition) is 3. The maximum atomic E-state index is 13.8. The Morgan fingerprint density at radius 2 is 1.54 bits per heavy atom. The zero-order valence-corrected chi connectivity index (χ0v) is 20.4. The molecule has 1 heterocycles. The molecule has 0 spiro atoms. The predicted molar refractivity (Wildman–Crippen MR) is 145 cm³/mol. The molecule has 0 atom stereocenters. The van der Waals surface area contributed by atoms with Gasteiger partial charge in [-0.05, 0) is 41.3 Å². The third-order valence-corrected chi connectivity index (χ3v) is 6.24. The second kappa shape index (κ2) is 11.9. The number of carboxylic acid groups (broad SMARTS) is 1. The lowest BCUT2D eigenvalue weighted by molar-refractivity contribution is -0.137. The zero-order chi connectivity index (χ0) is 26.2. The fourth-order valence-corrected chi connectivity index (χ4v) is 4.39. The number of aromatic nitrogens is 1. The lowest BCUT2D eigenvalue weighted by atomic mass is 9.94. The number of hydrogen-bond donors (Lipinski definition) is 3. The highest BCUT2D eigenvalue weighted by Gasteiger charge is 2.22. The van der Waals surface area contributed by atoms with Gasteiger partial charge in [0.2, 0.25) is 0 Å².